The Hall–Kier alpha value is -2.36. The molecule has 2 aromatic rings. The number of anilines is 1. The van der Waals surface area contributed by atoms with E-state index in [4.69, 9.17) is 0 Å². The van der Waals surface area contributed by atoms with Crippen molar-refractivity contribution >= 4 is 11.6 Å². The molecule has 0 spiro atoms. The van der Waals surface area contributed by atoms with Crippen molar-refractivity contribution < 1.29 is 9.18 Å². The molecule has 3 rings (SSSR count). The first-order valence-corrected chi connectivity index (χ1v) is 7.60. The van der Waals surface area contributed by atoms with Gasteiger partial charge < -0.3 is 10.2 Å². The number of carbonyl (C=O) groups excluding carboxylic acids is 1. The van der Waals surface area contributed by atoms with E-state index in [1.807, 2.05) is 24.3 Å². The fourth-order valence-electron chi connectivity index (χ4n) is 2.72. The van der Waals surface area contributed by atoms with Crippen LogP contribution in [0, 0.1) is 5.82 Å². The molecule has 1 fully saturated rings. The zero-order chi connectivity index (χ0) is 15.4. The van der Waals surface area contributed by atoms with Crippen LogP contribution in [0.4, 0.5) is 10.1 Å². The third kappa shape index (κ3) is 3.27. The predicted molar refractivity (Wildman–Crippen MR) is 85.5 cm³/mol. The van der Waals surface area contributed by atoms with Gasteiger partial charge in [-0.05, 0) is 43.2 Å². The van der Waals surface area contributed by atoms with Gasteiger partial charge in [0.1, 0.15) is 5.82 Å². The first-order chi connectivity index (χ1) is 10.7. The standard InChI is InChI=1S/C18H19FN2O/c19-17-6-2-1-5-15(17)13-20-18(22)14-7-9-16(10-8-14)21-11-3-4-12-21/h1-2,5-10H,3-4,11-13H2,(H,20,22). The second-order valence-corrected chi connectivity index (χ2v) is 5.52. The van der Waals surface area contributed by atoms with Gasteiger partial charge in [0.05, 0.1) is 0 Å². The average molecular weight is 298 g/mol. The largest absolute Gasteiger partial charge is 0.372 e. The van der Waals surface area contributed by atoms with Crippen LogP contribution in [0.2, 0.25) is 0 Å². The summed E-state index contributed by atoms with van der Waals surface area (Å²) < 4.78 is 13.5. The lowest BCUT2D eigenvalue weighted by molar-refractivity contribution is 0.0950. The molecule has 114 valence electrons. The molecule has 1 aliphatic heterocycles. The van der Waals surface area contributed by atoms with Crippen molar-refractivity contribution in [2.24, 2.45) is 0 Å². The average Bonchev–Trinajstić information content (AvgIpc) is 3.08. The van der Waals surface area contributed by atoms with Crippen LogP contribution >= 0.6 is 0 Å². The molecular weight excluding hydrogens is 279 g/mol. The first-order valence-electron chi connectivity index (χ1n) is 7.60. The zero-order valence-corrected chi connectivity index (χ0v) is 12.4. The lowest BCUT2D eigenvalue weighted by atomic mass is 10.1. The summed E-state index contributed by atoms with van der Waals surface area (Å²) in [7, 11) is 0. The van der Waals surface area contributed by atoms with Gasteiger partial charge in [0.2, 0.25) is 0 Å². The summed E-state index contributed by atoms with van der Waals surface area (Å²) in [4.78, 5) is 14.4. The highest BCUT2D eigenvalue weighted by Gasteiger charge is 2.13. The molecule has 2 aromatic carbocycles. The van der Waals surface area contributed by atoms with E-state index >= 15 is 0 Å². The van der Waals surface area contributed by atoms with Crippen molar-refractivity contribution in [2.75, 3.05) is 18.0 Å². The van der Waals surface area contributed by atoms with E-state index in [0.717, 1.165) is 18.8 Å². The summed E-state index contributed by atoms with van der Waals surface area (Å²) in [6.45, 7) is 2.36. The fourth-order valence-corrected chi connectivity index (χ4v) is 2.72. The van der Waals surface area contributed by atoms with Crippen LogP contribution in [0.1, 0.15) is 28.8 Å². The minimum Gasteiger partial charge on any atom is -0.372 e. The SMILES string of the molecule is O=C(NCc1ccccc1F)c1ccc(N2CCCC2)cc1. The lowest BCUT2D eigenvalue weighted by Gasteiger charge is -2.17. The Kier molecular flexibility index (Phi) is 4.37. The zero-order valence-electron chi connectivity index (χ0n) is 12.4. The third-order valence-electron chi connectivity index (χ3n) is 4.00. The number of amides is 1. The summed E-state index contributed by atoms with van der Waals surface area (Å²) in [5, 5.41) is 2.75. The Morgan fingerprint density at radius 2 is 1.73 bits per heavy atom. The van der Waals surface area contributed by atoms with E-state index in [1.54, 1.807) is 18.2 Å². The molecule has 1 amide bonds. The van der Waals surface area contributed by atoms with Crippen molar-refractivity contribution in [3.8, 4) is 0 Å². The van der Waals surface area contributed by atoms with E-state index in [2.05, 4.69) is 10.2 Å². The van der Waals surface area contributed by atoms with Crippen LogP contribution in [0.15, 0.2) is 48.5 Å². The van der Waals surface area contributed by atoms with E-state index in [1.165, 1.54) is 18.9 Å². The maximum absolute atomic E-state index is 13.5. The molecule has 0 radical (unpaired) electrons. The maximum atomic E-state index is 13.5. The molecule has 1 aliphatic rings. The number of halogens is 1. The molecule has 1 N–H and O–H groups in total. The Morgan fingerprint density at radius 3 is 2.41 bits per heavy atom. The van der Waals surface area contributed by atoms with Crippen LogP contribution in [-0.4, -0.2) is 19.0 Å². The molecule has 4 heteroatoms. The lowest BCUT2D eigenvalue weighted by Crippen LogP contribution is -2.23. The Labute approximate surface area is 129 Å². The molecule has 0 atom stereocenters. The van der Waals surface area contributed by atoms with Gasteiger partial charge in [-0.25, -0.2) is 4.39 Å². The molecule has 1 saturated heterocycles. The van der Waals surface area contributed by atoms with Crippen LogP contribution in [0.25, 0.3) is 0 Å². The van der Waals surface area contributed by atoms with Gasteiger partial charge >= 0.3 is 0 Å². The molecule has 0 saturated carbocycles. The fraction of sp³-hybridized carbons (Fsp3) is 0.278. The van der Waals surface area contributed by atoms with Crippen molar-refractivity contribution in [3.63, 3.8) is 0 Å². The van der Waals surface area contributed by atoms with Gasteiger partial charge in [-0.1, -0.05) is 18.2 Å². The topological polar surface area (TPSA) is 32.3 Å². The number of rotatable bonds is 4. The van der Waals surface area contributed by atoms with E-state index in [9.17, 15) is 9.18 Å². The monoisotopic (exact) mass is 298 g/mol. The number of hydrogen-bond acceptors (Lipinski definition) is 2. The van der Waals surface area contributed by atoms with Crippen molar-refractivity contribution in [1.82, 2.24) is 5.32 Å². The molecule has 22 heavy (non-hydrogen) atoms. The molecule has 0 unspecified atom stereocenters. The summed E-state index contributed by atoms with van der Waals surface area (Å²) in [5.74, 6) is -0.483. The second kappa shape index (κ2) is 6.60. The van der Waals surface area contributed by atoms with Gasteiger partial charge in [0.25, 0.3) is 5.91 Å². The summed E-state index contributed by atoms with van der Waals surface area (Å²) in [6, 6.07) is 14.1. The summed E-state index contributed by atoms with van der Waals surface area (Å²) >= 11 is 0. The maximum Gasteiger partial charge on any atom is 0.251 e. The van der Waals surface area contributed by atoms with E-state index in [-0.39, 0.29) is 18.3 Å². The number of benzene rings is 2. The molecular formula is C18H19FN2O. The Morgan fingerprint density at radius 1 is 1.05 bits per heavy atom. The normalized spacial score (nSPS) is 14.1. The van der Waals surface area contributed by atoms with Crippen molar-refractivity contribution in [1.29, 1.82) is 0 Å². The molecule has 1 heterocycles. The number of nitrogens with one attached hydrogen (secondary N) is 1. The van der Waals surface area contributed by atoms with Crippen LogP contribution in [0.5, 0.6) is 0 Å². The highest BCUT2D eigenvalue weighted by molar-refractivity contribution is 5.94. The minimum absolute atomic E-state index is 0.184. The molecule has 0 aliphatic carbocycles. The van der Waals surface area contributed by atoms with Crippen LogP contribution < -0.4 is 10.2 Å². The van der Waals surface area contributed by atoms with Gasteiger partial charge in [0.15, 0.2) is 0 Å². The Balaban J connectivity index is 1.61. The minimum atomic E-state index is -0.299. The second-order valence-electron chi connectivity index (χ2n) is 5.52. The smallest absolute Gasteiger partial charge is 0.251 e. The number of hydrogen-bond donors (Lipinski definition) is 1. The highest BCUT2D eigenvalue weighted by atomic mass is 19.1. The first kappa shape index (κ1) is 14.6. The molecule has 0 aromatic heterocycles. The van der Waals surface area contributed by atoms with Crippen LogP contribution in [0.3, 0.4) is 0 Å². The van der Waals surface area contributed by atoms with Crippen molar-refractivity contribution in [3.05, 3.63) is 65.5 Å². The summed E-state index contributed by atoms with van der Waals surface area (Å²) in [6.07, 6.45) is 2.45. The quantitative estimate of drug-likeness (QED) is 0.938. The molecule has 3 nitrogen and oxygen atoms in total. The Bertz CT molecular complexity index is 648. The highest BCUT2D eigenvalue weighted by Crippen LogP contribution is 2.20. The van der Waals surface area contributed by atoms with Crippen molar-refractivity contribution in [2.45, 2.75) is 19.4 Å². The van der Waals surface area contributed by atoms with Gasteiger partial charge in [-0.15, -0.1) is 0 Å². The van der Waals surface area contributed by atoms with E-state index < -0.39 is 0 Å². The van der Waals surface area contributed by atoms with Gasteiger partial charge in [0, 0.05) is 36.4 Å². The molecule has 0 bridgehead atoms. The number of carbonyl (C=O) groups is 1. The predicted octanol–water partition coefficient (Wildman–Crippen LogP) is 3.36. The third-order valence-corrected chi connectivity index (χ3v) is 4.00. The summed E-state index contributed by atoms with van der Waals surface area (Å²) in [5.41, 5.74) is 2.24. The number of nitrogens with zero attached hydrogens (tertiary/aromatic N) is 1. The van der Waals surface area contributed by atoms with Crippen LogP contribution in [-0.2, 0) is 6.54 Å². The van der Waals surface area contributed by atoms with Gasteiger partial charge in [-0.3, -0.25) is 4.79 Å². The van der Waals surface area contributed by atoms with E-state index in [0.29, 0.717) is 11.1 Å². The van der Waals surface area contributed by atoms with Gasteiger partial charge in [-0.2, -0.15) is 0 Å².